The fourth-order valence-corrected chi connectivity index (χ4v) is 1.87. The van der Waals surface area contributed by atoms with Crippen LogP contribution in [0.2, 0.25) is 0 Å². The first kappa shape index (κ1) is 11.6. The Bertz CT molecular complexity index is 509. The van der Waals surface area contributed by atoms with Gasteiger partial charge in [0.2, 0.25) is 0 Å². The van der Waals surface area contributed by atoms with E-state index >= 15 is 0 Å². The van der Waals surface area contributed by atoms with Crippen LogP contribution in [0.4, 0.5) is 0 Å². The Morgan fingerprint density at radius 2 is 1.94 bits per heavy atom. The van der Waals surface area contributed by atoms with E-state index in [4.69, 9.17) is 10.5 Å². The van der Waals surface area contributed by atoms with E-state index in [-0.39, 0.29) is 6.04 Å². The third-order valence-electron chi connectivity index (χ3n) is 2.70. The molecule has 3 nitrogen and oxygen atoms in total. The van der Waals surface area contributed by atoms with Gasteiger partial charge in [-0.25, -0.2) is 0 Å². The molecule has 0 spiro atoms. The van der Waals surface area contributed by atoms with E-state index in [0.717, 1.165) is 22.6 Å². The molecule has 0 saturated heterocycles. The van der Waals surface area contributed by atoms with Crippen LogP contribution in [0.3, 0.4) is 0 Å². The molecule has 0 bridgehead atoms. The molecular formula is C14H16N2O. The third-order valence-corrected chi connectivity index (χ3v) is 2.70. The molecule has 0 aliphatic carbocycles. The summed E-state index contributed by atoms with van der Waals surface area (Å²) in [5, 5.41) is 0. The van der Waals surface area contributed by atoms with Gasteiger partial charge in [0.25, 0.3) is 0 Å². The standard InChI is InChI=1S/C14H16N2O/c1-10(15)11-6-3-4-7-12(11)14-13(17-2)8-5-9-16-14/h3-10H,15H2,1-2H3. The summed E-state index contributed by atoms with van der Waals surface area (Å²) in [4.78, 5) is 4.38. The van der Waals surface area contributed by atoms with E-state index in [1.54, 1.807) is 13.3 Å². The third kappa shape index (κ3) is 2.29. The van der Waals surface area contributed by atoms with Gasteiger partial charge in [-0.1, -0.05) is 24.3 Å². The second-order valence-electron chi connectivity index (χ2n) is 3.93. The van der Waals surface area contributed by atoms with Crippen LogP contribution in [0.1, 0.15) is 18.5 Å². The number of aromatic nitrogens is 1. The molecule has 2 aromatic rings. The minimum absolute atomic E-state index is 0.0297. The largest absolute Gasteiger partial charge is 0.494 e. The van der Waals surface area contributed by atoms with Gasteiger partial charge in [-0.05, 0) is 24.6 Å². The Balaban J connectivity index is 2.60. The van der Waals surface area contributed by atoms with Crippen molar-refractivity contribution in [3.8, 4) is 17.0 Å². The van der Waals surface area contributed by atoms with Gasteiger partial charge in [-0.3, -0.25) is 4.98 Å². The lowest BCUT2D eigenvalue weighted by Crippen LogP contribution is -2.07. The molecule has 1 aromatic heterocycles. The van der Waals surface area contributed by atoms with E-state index in [9.17, 15) is 0 Å². The highest BCUT2D eigenvalue weighted by atomic mass is 16.5. The molecule has 0 amide bonds. The predicted octanol–water partition coefficient (Wildman–Crippen LogP) is 2.78. The van der Waals surface area contributed by atoms with Gasteiger partial charge in [0.1, 0.15) is 11.4 Å². The molecule has 1 heterocycles. The highest BCUT2D eigenvalue weighted by molar-refractivity contribution is 5.70. The first-order valence-electron chi connectivity index (χ1n) is 5.58. The maximum atomic E-state index is 5.97. The molecule has 0 saturated carbocycles. The van der Waals surface area contributed by atoms with Crippen LogP contribution < -0.4 is 10.5 Å². The van der Waals surface area contributed by atoms with Crippen molar-refractivity contribution in [2.75, 3.05) is 7.11 Å². The van der Waals surface area contributed by atoms with E-state index in [2.05, 4.69) is 4.98 Å². The van der Waals surface area contributed by atoms with E-state index in [0.29, 0.717) is 0 Å². The summed E-state index contributed by atoms with van der Waals surface area (Å²) in [6.45, 7) is 1.97. The second kappa shape index (κ2) is 4.97. The van der Waals surface area contributed by atoms with Gasteiger partial charge in [-0.2, -0.15) is 0 Å². The molecule has 0 aliphatic rings. The lowest BCUT2D eigenvalue weighted by Gasteiger charge is -2.14. The molecule has 2 rings (SSSR count). The number of methoxy groups -OCH3 is 1. The summed E-state index contributed by atoms with van der Waals surface area (Å²) in [6, 6.07) is 11.7. The lowest BCUT2D eigenvalue weighted by atomic mass is 9.99. The van der Waals surface area contributed by atoms with Crippen molar-refractivity contribution in [2.45, 2.75) is 13.0 Å². The van der Waals surface area contributed by atoms with Crippen molar-refractivity contribution in [3.63, 3.8) is 0 Å². The summed E-state index contributed by atoms with van der Waals surface area (Å²) in [7, 11) is 1.65. The minimum atomic E-state index is -0.0297. The van der Waals surface area contributed by atoms with Crippen molar-refractivity contribution in [1.82, 2.24) is 4.98 Å². The summed E-state index contributed by atoms with van der Waals surface area (Å²) < 4.78 is 5.33. The molecule has 17 heavy (non-hydrogen) atoms. The number of hydrogen-bond acceptors (Lipinski definition) is 3. The van der Waals surface area contributed by atoms with Crippen LogP contribution in [-0.4, -0.2) is 12.1 Å². The smallest absolute Gasteiger partial charge is 0.145 e. The van der Waals surface area contributed by atoms with Crippen molar-refractivity contribution in [1.29, 1.82) is 0 Å². The molecule has 88 valence electrons. The van der Waals surface area contributed by atoms with Gasteiger partial charge in [0.15, 0.2) is 0 Å². The van der Waals surface area contributed by atoms with Crippen molar-refractivity contribution in [2.24, 2.45) is 5.73 Å². The van der Waals surface area contributed by atoms with Crippen molar-refractivity contribution < 1.29 is 4.74 Å². The average Bonchev–Trinajstić information content (AvgIpc) is 2.38. The molecule has 2 N–H and O–H groups in total. The summed E-state index contributed by atoms with van der Waals surface area (Å²) >= 11 is 0. The molecule has 1 atom stereocenters. The topological polar surface area (TPSA) is 48.1 Å². The quantitative estimate of drug-likeness (QED) is 0.878. The maximum absolute atomic E-state index is 5.97. The van der Waals surface area contributed by atoms with Crippen LogP contribution in [0.15, 0.2) is 42.6 Å². The number of rotatable bonds is 3. The Kier molecular flexibility index (Phi) is 3.40. The van der Waals surface area contributed by atoms with Gasteiger partial charge < -0.3 is 10.5 Å². The highest BCUT2D eigenvalue weighted by Crippen LogP contribution is 2.31. The van der Waals surface area contributed by atoms with Crippen LogP contribution in [0, 0.1) is 0 Å². The second-order valence-corrected chi connectivity index (χ2v) is 3.93. The Morgan fingerprint density at radius 3 is 2.65 bits per heavy atom. The zero-order valence-electron chi connectivity index (χ0n) is 10.1. The van der Waals surface area contributed by atoms with Crippen LogP contribution in [0.5, 0.6) is 5.75 Å². The number of benzene rings is 1. The number of ether oxygens (including phenoxy) is 1. The summed E-state index contributed by atoms with van der Waals surface area (Å²) in [6.07, 6.45) is 1.76. The van der Waals surface area contributed by atoms with Crippen LogP contribution in [0.25, 0.3) is 11.3 Å². The zero-order valence-corrected chi connectivity index (χ0v) is 10.1. The molecule has 1 aromatic carbocycles. The highest BCUT2D eigenvalue weighted by Gasteiger charge is 2.12. The maximum Gasteiger partial charge on any atom is 0.145 e. The average molecular weight is 228 g/mol. The predicted molar refractivity (Wildman–Crippen MR) is 68.8 cm³/mol. The Hall–Kier alpha value is -1.87. The van der Waals surface area contributed by atoms with Crippen LogP contribution in [-0.2, 0) is 0 Å². The Morgan fingerprint density at radius 1 is 1.18 bits per heavy atom. The fraction of sp³-hybridized carbons (Fsp3) is 0.214. The van der Waals surface area contributed by atoms with Crippen LogP contribution >= 0.6 is 0 Å². The van der Waals surface area contributed by atoms with Gasteiger partial charge >= 0.3 is 0 Å². The normalized spacial score (nSPS) is 12.2. The SMILES string of the molecule is COc1cccnc1-c1ccccc1C(C)N. The molecule has 1 unspecified atom stereocenters. The number of pyridine rings is 1. The Labute approximate surface area is 101 Å². The summed E-state index contributed by atoms with van der Waals surface area (Å²) in [5.74, 6) is 0.764. The zero-order chi connectivity index (χ0) is 12.3. The molecule has 3 heteroatoms. The number of hydrogen-bond donors (Lipinski definition) is 1. The number of nitrogens with two attached hydrogens (primary N) is 1. The minimum Gasteiger partial charge on any atom is -0.494 e. The van der Waals surface area contributed by atoms with E-state index in [1.807, 2.05) is 43.3 Å². The monoisotopic (exact) mass is 228 g/mol. The van der Waals surface area contributed by atoms with Crippen molar-refractivity contribution in [3.05, 3.63) is 48.2 Å². The van der Waals surface area contributed by atoms with Gasteiger partial charge in [-0.15, -0.1) is 0 Å². The molecule has 0 radical (unpaired) electrons. The fourth-order valence-electron chi connectivity index (χ4n) is 1.87. The number of nitrogens with zero attached hydrogens (tertiary/aromatic N) is 1. The molecule has 0 fully saturated rings. The molecular weight excluding hydrogens is 212 g/mol. The first-order chi connectivity index (χ1) is 8.24. The van der Waals surface area contributed by atoms with Gasteiger partial charge in [0, 0.05) is 17.8 Å². The lowest BCUT2D eigenvalue weighted by molar-refractivity contribution is 0.414. The first-order valence-corrected chi connectivity index (χ1v) is 5.58. The molecule has 0 aliphatic heterocycles. The van der Waals surface area contributed by atoms with Crippen molar-refractivity contribution >= 4 is 0 Å². The summed E-state index contributed by atoms with van der Waals surface area (Å²) in [5.41, 5.74) is 8.91. The van der Waals surface area contributed by atoms with E-state index in [1.165, 1.54) is 0 Å². The van der Waals surface area contributed by atoms with E-state index < -0.39 is 0 Å². The van der Waals surface area contributed by atoms with Gasteiger partial charge in [0.05, 0.1) is 7.11 Å².